The van der Waals surface area contributed by atoms with Crippen LogP contribution in [0.2, 0.25) is 0 Å². The number of carbonyl (C=O) groups is 1. The molecule has 2 rings (SSSR count). The SMILES string of the molecule is O=C1[13CH2]C(c2ccccc2)=NO1. The Bertz CT molecular complexity index is 330. The van der Waals surface area contributed by atoms with Crippen LogP contribution >= 0.6 is 0 Å². The Hall–Kier alpha value is -1.64. The molecule has 12 heavy (non-hydrogen) atoms. The Balaban J connectivity index is 2.28. The molecule has 1 aliphatic rings. The zero-order valence-corrected chi connectivity index (χ0v) is 6.36. The van der Waals surface area contributed by atoms with Crippen molar-refractivity contribution < 1.29 is 9.63 Å². The molecule has 1 heterocycles. The molecule has 0 aromatic heterocycles. The molecule has 0 saturated carbocycles. The largest absolute Gasteiger partial charge is 0.341 e. The maximum absolute atomic E-state index is 10.7. The van der Waals surface area contributed by atoms with E-state index < -0.39 is 0 Å². The van der Waals surface area contributed by atoms with Gasteiger partial charge in [0.25, 0.3) is 0 Å². The molecule has 0 bridgehead atoms. The number of rotatable bonds is 1. The molecule has 0 spiro atoms. The second-order valence-corrected chi connectivity index (χ2v) is 2.54. The highest BCUT2D eigenvalue weighted by Gasteiger charge is 2.18. The first kappa shape index (κ1) is 7.03. The number of nitrogens with zero attached hydrogens (tertiary/aromatic N) is 1. The molecular weight excluding hydrogens is 155 g/mol. The van der Waals surface area contributed by atoms with Crippen LogP contribution in [0.25, 0.3) is 0 Å². The Morgan fingerprint density at radius 1 is 1.25 bits per heavy atom. The van der Waals surface area contributed by atoms with E-state index in [0.717, 1.165) is 5.56 Å². The predicted molar refractivity (Wildman–Crippen MR) is 43.7 cm³/mol. The molecular formula is C9H7NO2. The summed E-state index contributed by atoms with van der Waals surface area (Å²) in [5, 5.41) is 3.65. The van der Waals surface area contributed by atoms with Gasteiger partial charge in [-0.2, -0.15) is 0 Å². The van der Waals surface area contributed by atoms with E-state index >= 15 is 0 Å². The summed E-state index contributed by atoms with van der Waals surface area (Å²) in [6.45, 7) is 0. The van der Waals surface area contributed by atoms with Crippen molar-refractivity contribution >= 4 is 11.7 Å². The van der Waals surface area contributed by atoms with E-state index in [1.54, 1.807) is 0 Å². The number of hydrogen-bond acceptors (Lipinski definition) is 3. The first-order chi connectivity index (χ1) is 5.86. The molecule has 0 amide bonds. The average Bonchev–Trinajstić information content (AvgIpc) is 2.54. The van der Waals surface area contributed by atoms with E-state index in [1.165, 1.54) is 0 Å². The van der Waals surface area contributed by atoms with Gasteiger partial charge in [0.05, 0.1) is 12.1 Å². The lowest BCUT2D eigenvalue weighted by Gasteiger charge is -1.93. The van der Waals surface area contributed by atoms with E-state index in [9.17, 15) is 4.79 Å². The van der Waals surface area contributed by atoms with Gasteiger partial charge in [-0.1, -0.05) is 35.5 Å². The lowest BCUT2D eigenvalue weighted by Crippen LogP contribution is -1.99. The summed E-state index contributed by atoms with van der Waals surface area (Å²) in [7, 11) is 0. The first-order valence-corrected chi connectivity index (χ1v) is 3.68. The molecule has 0 atom stereocenters. The quantitative estimate of drug-likeness (QED) is 0.461. The van der Waals surface area contributed by atoms with Crippen LogP contribution in [0.5, 0.6) is 0 Å². The van der Waals surface area contributed by atoms with E-state index in [-0.39, 0.29) is 12.4 Å². The highest BCUT2D eigenvalue weighted by molar-refractivity contribution is 6.11. The second-order valence-electron chi connectivity index (χ2n) is 2.54. The summed E-state index contributed by atoms with van der Waals surface area (Å²) < 4.78 is 0. The third-order valence-corrected chi connectivity index (χ3v) is 1.68. The third-order valence-electron chi connectivity index (χ3n) is 1.68. The summed E-state index contributed by atoms with van der Waals surface area (Å²) in [4.78, 5) is 15.2. The van der Waals surface area contributed by atoms with Gasteiger partial charge in [-0.15, -0.1) is 0 Å². The smallest absolute Gasteiger partial charge is 0.318 e. The molecule has 0 radical (unpaired) electrons. The van der Waals surface area contributed by atoms with Crippen molar-refractivity contribution in [3.8, 4) is 0 Å². The van der Waals surface area contributed by atoms with Crippen molar-refractivity contribution in [1.82, 2.24) is 0 Å². The van der Waals surface area contributed by atoms with Gasteiger partial charge in [0.15, 0.2) is 0 Å². The maximum atomic E-state index is 10.7. The number of benzene rings is 1. The molecule has 1 aromatic rings. The van der Waals surface area contributed by atoms with Crippen molar-refractivity contribution in [2.45, 2.75) is 6.42 Å². The molecule has 1 aliphatic heterocycles. The van der Waals surface area contributed by atoms with E-state index in [2.05, 4.69) is 9.99 Å². The van der Waals surface area contributed by atoms with Crippen LogP contribution in [-0.2, 0) is 9.63 Å². The van der Waals surface area contributed by atoms with Crippen molar-refractivity contribution in [1.29, 1.82) is 0 Å². The van der Waals surface area contributed by atoms with Crippen LogP contribution in [0.4, 0.5) is 0 Å². The lowest BCUT2D eigenvalue weighted by molar-refractivity contribution is -0.140. The number of carbonyl (C=O) groups excluding carboxylic acids is 1. The maximum Gasteiger partial charge on any atom is 0.341 e. The van der Waals surface area contributed by atoms with Crippen molar-refractivity contribution in [3.05, 3.63) is 35.9 Å². The summed E-state index contributed by atoms with van der Waals surface area (Å²) in [6, 6.07) is 9.53. The summed E-state index contributed by atoms with van der Waals surface area (Å²) in [5.74, 6) is -0.283. The Morgan fingerprint density at radius 2 is 2.00 bits per heavy atom. The topological polar surface area (TPSA) is 38.7 Å². The number of oxime groups is 1. The van der Waals surface area contributed by atoms with Gasteiger partial charge in [0.1, 0.15) is 0 Å². The highest BCUT2D eigenvalue weighted by Crippen LogP contribution is 2.10. The van der Waals surface area contributed by atoms with Crippen LogP contribution in [-0.4, -0.2) is 11.7 Å². The predicted octanol–water partition coefficient (Wildman–Crippen LogP) is 1.34. The summed E-state index contributed by atoms with van der Waals surface area (Å²) >= 11 is 0. The zero-order chi connectivity index (χ0) is 8.39. The fraction of sp³-hybridized carbons (Fsp3) is 0.111. The minimum Gasteiger partial charge on any atom is -0.318 e. The van der Waals surface area contributed by atoms with E-state index in [0.29, 0.717) is 5.71 Å². The van der Waals surface area contributed by atoms with Gasteiger partial charge >= 0.3 is 5.97 Å². The molecule has 60 valence electrons. The van der Waals surface area contributed by atoms with Gasteiger partial charge in [0, 0.05) is 0 Å². The van der Waals surface area contributed by atoms with Crippen molar-refractivity contribution in [2.24, 2.45) is 5.16 Å². The molecule has 3 nitrogen and oxygen atoms in total. The second kappa shape index (κ2) is 2.77. The lowest BCUT2D eigenvalue weighted by atomic mass is 10.2. The van der Waals surface area contributed by atoms with Crippen LogP contribution < -0.4 is 0 Å². The minimum atomic E-state index is -0.283. The molecule has 0 aliphatic carbocycles. The average molecular weight is 162 g/mol. The fourth-order valence-electron chi connectivity index (χ4n) is 1.09. The van der Waals surface area contributed by atoms with E-state index in [1.807, 2.05) is 30.3 Å². The summed E-state index contributed by atoms with van der Waals surface area (Å²) in [6.07, 6.45) is 0.282. The molecule has 1 aromatic carbocycles. The fourth-order valence-corrected chi connectivity index (χ4v) is 1.09. The van der Waals surface area contributed by atoms with E-state index in [4.69, 9.17) is 0 Å². The molecule has 3 heteroatoms. The molecule has 0 saturated heterocycles. The highest BCUT2D eigenvalue weighted by atomic mass is 16.7. The van der Waals surface area contributed by atoms with Gasteiger partial charge in [-0.3, -0.25) is 0 Å². The third kappa shape index (κ3) is 1.21. The van der Waals surface area contributed by atoms with Gasteiger partial charge in [-0.25, -0.2) is 4.79 Å². The Morgan fingerprint density at radius 3 is 2.58 bits per heavy atom. The standard InChI is InChI=1S/C9H7NO2/c11-9-6-8(10-12-9)7-4-2-1-3-5-7/h1-5H,6H2/i6+1. The van der Waals surface area contributed by atoms with Crippen LogP contribution in [0.3, 0.4) is 0 Å². The molecule has 0 unspecified atom stereocenters. The van der Waals surface area contributed by atoms with Gasteiger partial charge in [-0.05, 0) is 5.56 Å². The van der Waals surface area contributed by atoms with Crippen molar-refractivity contribution in [3.63, 3.8) is 0 Å². The van der Waals surface area contributed by atoms with Gasteiger partial charge < -0.3 is 4.84 Å². The minimum absolute atomic E-state index is 0.282. The zero-order valence-electron chi connectivity index (χ0n) is 6.36. The molecule has 0 fully saturated rings. The first-order valence-electron chi connectivity index (χ1n) is 3.68. The van der Waals surface area contributed by atoms with Crippen molar-refractivity contribution in [2.75, 3.05) is 0 Å². The van der Waals surface area contributed by atoms with Crippen LogP contribution in [0, 0.1) is 0 Å². The van der Waals surface area contributed by atoms with Gasteiger partial charge in [0.2, 0.25) is 0 Å². The van der Waals surface area contributed by atoms with Crippen LogP contribution in [0.15, 0.2) is 35.5 Å². The Labute approximate surface area is 69.6 Å². The van der Waals surface area contributed by atoms with Crippen LogP contribution in [0.1, 0.15) is 12.0 Å². The summed E-state index contributed by atoms with van der Waals surface area (Å²) in [5.41, 5.74) is 1.66. The number of hydrogen-bond donors (Lipinski definition) is 0. The molecule has 0 N–H and O–H groups in total. The monoisotopic (exact) mass is 162 g/mol. The normalized spacial score (nSPS) is 15.7. The Kier molecular flexibility index (Phi) is 1.63.